The van der Waals surface area contributed by atoms with Crippen LogP contribution in [0.25, 0.3) is 0 Å². The molecule has 1 heterocycles. The lowest BCUT2D eigenvalue weighted by atomic mass is 10.3. The Labute approximate surface area is 108 Å². The first kappa shape index (κ1) is 14.5. The molecule has 1 aromatic heterocycles. The second-order valence-electron chi connectivity index (χ2n) is 3.96. The lowest BCUT2D eigenvalue weighted by Gasteiger charge is -2.15. The maximum absolute atomic E-state index is 5.35. The van der Waals surface area contributed by atoms with E-state index in [4.69, 9.17) is 9.47 Å². The molecule has 0 aromatic carbocycles. The van der Waals surface area contributed by atoms with Crippen molar-refractivity contribution in [2.75, 3.05) is 37.9 Å². The van der Waals surface area contributed by atoms with E-state index in [2.05, 4.69) is 27.5 Å². The highest BCUT2D eigenvalue weighted by atomic mass is 16.5. The maximum Gasteiger partial charge on any atom is 0.204 e. The van der Waals surface area contributed by atoms with Gasteiger partial charge in [-0.05, 0) is 13.3 Å². The molecule has 0 bridgehead atoms. The molecule has 1 aromatic rings. The predicted octanol–water partition coefficient (Wildman–Crippen LogP) is 1.75. The summed E-state index contributed by atoms with van der Waals surface area (Å²) in [4.78, 5) is 8.36. The summed E-state index contributed by atoms with van der Waals surface area (Å²) in [6.45, 7) is 5.59. The van der Waals surface area contributed by atoms with Gasteiger partial charge in [0, 0.05) is 20.2 Å². The van der Waals surface area contributed by atoms with Gasteiger partial charge < -0.3 is 20.1 Å². The van der Waals surface area contributed by atoms with E-state index in [0.29, 0.717) is 23.9 Å². The number of hydrogen-bond acceptors (Lipinski definition) is 6. The summed E-state index contributed by atoms with van der Waals surface area (Å²) < 4.78 is 10.5. The third kappa shape index (κ3) is 4.03. The Morgan fingerprint density at radius 1 is 1.22 bits per heavy atom. The van der Waals surface area contributed by atoms with Crippen LogP contribution >= 0.6 is 0 Å². The molecule has 0 aliphatic heterocycles. The molecule has 0 amide bonds. The van der Waals surface area contributed by atoms with E-state index < -0.39 is 0 Å². The minimum Gasteiger partial charge on any atom is -0.490 e. The van der Waals surface area contributed by atoms with Crippen LogP contribution in [-0.2, 0) is 4.74 Å². The summed E-state index contributed by atoms with van der Waals surface area (Å²) in [5.41, 5.74) is 0. The van der Waals surface area contributed by atoms with Crippen LogP contribution in [0.5, 0.6) is 5.75 Å². The Morgan fingerprint density at radius 2 is 1.89 bits per heavy atom. The molecule has 0 spiro atoms. The van der Waals surface area contributed by atoms with Crippen LogP contribution in [0.3, 0.4) is 0 Å². The van der Waals surface area contributed by atoms with Gasteiger partial charge in [0.15, 0.2) is 11.6 Å². The van der Waals surface area contributed by atoms with Crippen molar-refractivity contribution in [3.8, 4) is 5.75 Å². The van der Waals surface area contributed by atoms with Crippen LogP contribution in [0.15, 0.2) is 6.33 Å². The average Bonchev–Trinajstić information content (AvgIpc) is 2.42. The van der Waals surface area contributed by atoms with Gasteiger partial charge in [-0.2, -0.15) is 0 Å². The van der Waals surface area contributed by atoms with Crippen LogP contribution in [-0.4, -0.2) is 43.4 Å². The zero-order valence-corrected chi connectivity index (χ0v) is 11.5. The first-order valence-electron chi connectivity index (χ1n) is 6.12. The van der Waals surface area contributed by atoms with E-state index in [1.54, 1.807) is 14.2 Å². The first-order chi connectivity index (χ1) is 8.72. The highest BCUT2D eigenvalue weighted by Gasteiger charge is 2.12. The fraction of sp³-hybridized carbons (Fsp3) is 0.667. The number of ether oxygens (including phenoxy) is 2. The van der Waals surface area contributed by atoms with E-state index in [0.717, 1.165) is 13.0 Å². The largest absolute Gasteiger partial charge is 0.490 e. The summed E-state index contributed by atoms with van der Waals surface area (Å²) >= 11 is 0. The number of rotatable bonds is 8. The Kier molecular flexibility index (Phi) is 6.21. The van der Waals surface area contributed by atoms with Crippen LogP contribution in [0.2, 0.25) is 0 Å². The maximum atomic E-state index is 5.35. The van der Waals surface area contributed by atoms with Gasteiger partial charge in [0.05, 0.1) is 13.2 Å². The van der Waals surface area contributed by atoms with E-state index in [9.17, 15) is 0 Å². The molecule has 1 rings (SSSR count). The lowest BCUT2D eigenvalue weighted by Crippen LogP contribution is -2.19. The van der Waals surface area contributed by atoms with Gasteiger partial charge in [-0.1, -0.05) is 6.92 Å². The second-order valence-corrected chi connectivity index (χ2v) is 3.96. The van der Waals surface area contributed by atoms with Crippen molar-refractivity contribution in [3.63, 3.8) is 0 Å². The number of nitrogens with zero attached hydrogens (tertiary/aromatic N) is 2. The highest BCUT2D eigenvalue weighted by molar-refractivity contribution is 5.63. The smallest absolute Gasteiger partial charge is 0.204 e. The first-order valence-corrected chi connectivity index (χ1v) is 6.12. The number of anilines is 2. The SMILES string of the molecule is CCCNc1ncnc(NCC(C)OC)c1OC. The van der Waals surface area contributed by atoms with E-state index >= 15 is 0 Å². The van der Waals surface area contributed by atoms with Gasteiger partial charge >= 0.3 is 0 Å². The van der Waals surface area contributed by atoms with E-state index in [-0.39, 0.29) is 6.10 Å². The fourth-order valence-corrected chi connectivity index (χ4v) is 1.39. The molecular formula is C12H22N4O2. The van der Waals surface area contributed by atoms with Gasteiger partial charge in [-0.25, -0.2) is 9.97 Å². The van der Waals surface area contributed by atoms with Crippen molar-refractivity contribution in [2.45, 2.75) is 26.4 Å². The Balaban J connectivity index is 2.77. The minimum absolute atomic E-state index is 0.108. The Morgan fingerprint density at radius 3 is 2.44 bits per heavy atom. The van der Waals surface area contributed by atoms with Crippen molar-refractivity contribution in [1.82, 2.24) is 9.97 Å². The van der Waals surface area contributed by atoms with Crippen molar-refractivity contribution in [1.29, 1.82) is 0 Å². The van der Waals surface area contributed by atoms with E-state index in [1.165, 1.54) is 6.33 Å². The fourth-order valence-electron chi connectivity index (χ4n) is 1.39. The quantitative estimate of drug-likeness (QED) is 0.736. The zero-order chi connectivity index (χ0) is 13.4. The Bertz CT molecular complexity index is 360. The molecule has 0 radical (unpaired) electrons. The molecule has 0 aliphatic carbocycles. The molecule has 0 fully saturated rings. The summed E-state index contributed by atoms with van der Waals surface area (Å²) in [6.07, 6.45) is 2.65. The molecule has 0 aliphatic rings. The van der Waals surface area contributed by atoms with Crippen molar-refractivity contribution in [3.05, 3.63) is 6.33 Å². The van der Waals surface area contributed by atoms with Crippen LogP contribution in [0, 0.1) is 0 Å². The summed E-state index contributed by atoms with van der Waals surface area (Å²) in [5, 5.41) is 6.40. The highest BCUT2D eigenvalue weighted by Crippen LogP contribution is 2.28. The van der Waals surface area contributed by atoms with Gasteiger partial charge in [0.1, 0.15) is 6.33 Å². The third-order valence-corrected chi connectivity index (χ3v) is 2.51. The molecule has 18 heavy (non-hydrogen) atoms. The predicted molar refractivity (Wildman–Crippen MR) is 72.3 cm³/mol. The number of nitrogens with one attached hydrogen (secondary N) is 2. The van der Waals surface area contributed by atoms with Crippen LogP contribution in [0.1, 0.15) is 20.3 Å². The van der Waals surface area contributed by atoms with Crippen molar-refractivity contribution >= 4 is 11.6 Å². The van der Waals surface area contributed by atoms with E-state index in [1.807, 2.05) is 6.92 Å². The molecule has 6 heteroatoms. The third-order valence-electron chi connectivity index (χ3n) is 2.51. The van der Waals surface area contributed by atoms with Crippen LogP contribution in [0.4, 0.5) is 11.6 Å². The summed E-state index contributed by atoms with van der Waals surface area (Å²) in [6, 6.07) is 0. The van der Waals surface area contributed by atoms with Crippen LogP contribution < -0.4 is 15.4 Å². The second kappa shape index (κ2) is 7.71. The molecule has 1 unspecified atom stereocenters. The summed E-state index contributed by atoms with van der Waals surface area (Å²) in [7, 11) is 3.29. The average molecular weight is 254 g/mol. The van der Waals surface area contributed by atoms with Crippen molar-refractivity contribution in [2.24, 2.45) is 0 Å². The van der Waals surface area contributed by atoms with Gasteiger partial charge in [0.2, 0.25) is 5.75 Å². The number of methoxy groups -OCH3 is 2. The monoisotopic (exact) mass is 254 g/mol. The van der Waals surface area contributed by atoms with Gasteiger partial charge in [-0.3, -0.25) is 0 Å². The molecule has 2 N–H and O–H groups in total. The normalized spacial score (nSPS) is 12.0. The number of hydrogen-bond donors (Lipinski definition) is 2. The molecule has 0 saturated heterocycles. The molecule has 1 atom stereocenters. The molecule has 0 saturated carbocycles. The van der Waals surface area contributed by atoms with Crippen molar-refractivity contribution < 1.29 is 9.47 Å². The standard InChI is InChI=1S/C12H22N4O2/c1-5-6-13-11-10(18-4)12(16-8-15-11)14-7-9(2)17-3/h8-9H,5-7H2,1-4H3,(H2,13,14,15,16). The van der Waals surface area contributed by atoms with Gasteiger partial charge in [0.25, 0.3) is 0 Å². The zero-order valence-electron chi connectivity index (χ0n) is 11.5. The topological polar surface area (TPSA) is 68.3 Å². The van der Waals surface area contributed by atoms with Gasteiger partial charge in [-0.15, -0.1) is 0 Å². The number of aromatic nitrogens is 2. The summed E-state index contributed by atoms with van der Waals surface area (Å²) in [5.74, 6) is 2.02. The molecular weight excluding hydrogens is 232 g/mol. The lowest BCUT2D eigenvalue weighted by molar-refractivity contribution is 0.128. The molecule has 6 nitrogen and oxygen atoms in total. The Hall–Kier alpha value is -1.56. The molecule has 102 valence electrons. The minimum atomic E-state index is 0.108.